The molecule has 7 nitrogen and oxygen atoms in total. The molecule has 1 aliphatic heterocycles. The number of urea groups is 2. The van der Waals surface area contributed by atoms with Crippen molar-refractivity contribution in [1.29, 1.82) is 0 Å². The van der Waals surface area contributed by atoms with Crippen molar-refractivity contribution in [3.05, 3.63) is 59.1 Å². The van der Waals surface area contributed by atoms with Gasteiger partial charge in [-0.05, 0) is 42.0 Å². The molecule has 4 N–H and O–H groups in total. The summed E-state index contributed by atoms with van der Waals surface area (Å²) < 4.78 is 0. The van der Waals surface area contributed by atoms with E-state index in [0.717, 1.165) is 0 Å². The van der Waals surface area contributed by atoms with Crippen molar-refractivity contribution in [3.8, 4) is 0 Å². The SMILES string of the molecule is O=C(Nc1ccc(Cl)cc1)Nc1ccc(C2NC(=O)NC2=O)cc1. The molecule has 0 radical (unpaired) electrons. The summed E-state index contributed by atoms with van der Waals surface area (Å²) >= 11 is 5.78. The summed E-state index contributed by atoms with van der Waals surface area (Å²) in [5.41, 5.74) is 1.79. The average molecular weight is 345 g/mol. The van der Waals surface area contributed by atoms with Gasteiger partial charge in [0.15, 0.2) is 0 Å². The number of nitrogens with one attached hydrogen (secondary N) is 4. The third kappa shape index (κ3) is 3.64. The highest BCUT2D eigenvalue weighted by atomic mass is 35.5. The van der Waals surface area contributed by atoms with Crippen LogP contribution in [0.15, 0.2) is 48.5 Å². The minimum Gasteiger partial charge on any atom is -0.322 e. The molecule has 0 spiro atoms. The van der Waals surface area contributed by atoms with E-state index in [4.69, 9.17) is 11.6 Å². The van der Waals surface area contributed by atoms with E-state index in [1.54, 1.807) is 48.5 Å². The lowest BCUT2D eigenvalue weighted by Gasteiger charge is -2.10. The molecule has 0 saturated carbocycles. The molecule has 1 unspecified atom stereocenters. The van der Waals surface area contributed by atoms with Gasteiger partial charge in [0, 0.05) is 16.4 Å². The Bertz CT molecular complexity index is 790. The molecule has 2 aromatic rings. The molecule has 1 aliphatic rings. The van der Waals surface area contributed by atoms with E-state index >= 15 is 0 Å². The van der Waals surface area contributed by atoms with Gasteiger partial charge in [-0.25, -0.2) is 9.59 Å². The van der Waals surface area contributed by atoms with Crippen molar-refractivity contribution in [2.75, 3.05) is 10.6 Å². The molecule has 1 fully saturated rings. The highest BCUT2D eigenvalue weighted by Gasteiger charge is 2.30. The van der Waals surface area contributed by atoms with Gasteiger partial charge in [-0.3, -0.25) is 10.1 Å². The maximum atomic E-state index is 11.9. The topological polar surface area (TPSA) is 99.3 Å². The molecule has 3 rings (SSSR count). The minimum absolute atomic E-state index is 0.402. The Hall–Kier alpha value is -3.06. The summed E-state index contributed by atoms with van der Waals surface area (Å²) in [5.74, 6) is -0.402. The molecule has 0 aliphatic carbocycles. The standard InChI is InChI=1S/C16H13ClN4O3/c17-10-3-7-12(8-4-10)19-15(23)18-11-5-1-9(2-6-11)13-14(22)21-16(24)20-13/h1-8,13H,(H2,18,19,23)(H2,20,21,22,24). The Balaban J connectivity index is 1.61. The fourth-order valence-electron chi connectivity index (χ4n) is 2.24. The van der Waals surface area contributed by atoms with Crippen LogP contribution in [0.25, 0.3) is 0 Å². The monoisotopic (exact) mass is 344 g/mol. The third-order valence-electron chi connectivity index (χ3n) is 3.38. The summed E-state index contributed by atoms with van der Waals surface area (Å²) in [6.07, 6.45) is 0. The zero-order valence-electron chi connectivity index (χ0n) is 12.3. The molecule has 0 aromatic heterocycles. The van der Waals surface area contributed by atoms with Gasteiger partial charge >= 0.3 is 12.1 Å². The Labute approximate surface area is 142 Å². The molecule has 1 saturated heterocycles. The summed E-state index contributed by atoms with van der Waals surface area (Å²) in [4.78, 5) is 34.6. The van der Waals surface area contributed by atoms with E-state index in [2.05, 4.69) is 21.3 Å². The highest BCUT2D eigenvalue weighted by Crippen LogP contribution is 2.19. The van der Waals surface area contributed by atoms with Crippen molar-refractivity contribution < 1.29 is 14.4 Å². The quantitative estimate of drug-likeness (QED) is 0.644. The number of carbonyl (C=O) groups excluding carboxylic acids is 3. The molecule has 1 atom stereocenters. The van der Waals surface area contributed by atoms with Crippen LogP contribution in [0, 0.1) is 0 Å². The van der Waals surface area contributed by atoms with Gasteiger partial charge in [0.1, 0.15) is 6.04 Å². The van der Waals surface area contributed by atoms with E-state index in [1.165, 1.54) is 0 Å². The van der Waals surface area contributed by atoms with Crippen LogP contribution in [0.5, 0.6) is 0 Å². The molecular formula is C16H13ClN4O3. The van der Waals surface area contributed by atoms with E-state index < -0.39 is 24.0 Å². The van der Waals surface area contributed by atoms with Crippen molar-refractivity contribution in [3.63, 3.8) is 0 Å². The lowest BCUT2D eigenvalue weighted by Crippen LogP contribution is -2.22. The van der Waals surface area contributed by atoms with Crippen molar-refractivity contribution in [1.82, 2.24) is 10.6 Å². The Morgan fingerprint density at radius 2 is 1.46 bits per heavy atom. The summed E-state index contributed by atoms with van der Waals surface area (Å²) in [6, 6.07) is 11.7. The Morgan fingerprint density at radius 1 is 0.917 bits per heavy atom. The van der Waals surface area contributed by atoms with Crippen LogP contribution in [0.1, 0.15) is 11.6 Å². The van der Waals surface area contributed by atoms with Crippen molar-refractivity contribution in [2.45, 2.75) is 6.04 Å². The average Bonchev–Trinajstić information content (AvgIpc) is 2.89. The maximum absolute atomic E-state index is 11.9. The summed E-state index contributed by atoms with van der Waals surface area (Å²) in [6.45, 7) is 0. The first-order chi connectivity index (χ1) is 11.5. The van der Waals surface area contributed by atoms with Crippen LogP contribution in [0.4, 0.5) is 21.0 Å². The second-order valence-corrected chi connectivity index (χ2v) is 5.54. The minimum atomic E-state index is -0.713. The van der Waals surface area contributed by atoms with E-state index in [1.807, 2.05) is 0 Å². The second kappa shape index (κ2) is 6.59. The third-order valence-corrected chi connectivity index (χ3v) is 3.63. The van der Waals surface area contributed by atoms with Gasteiger partial charge in [0.2, 0.25) is 0 Å². The Morgan fingerprint density at radius 3 is 1.96 bits per heavy atom. The maximum Gasteiger partial charge on any atom is 0.323 e. The number of amides is 5. The molecule has 5 amide bonds. The molecule has 2 aromatic carbocycles. The van der Waals surface area contributed by atoms with Crippen LogP contribution in [-0.2, 0) is 4.79 Å². The number of anilines is 2. The normalized spacial score (nSPS) is 16.3. The highest BCUT2D eigenvalue weighted by molar-refractivity contribution is 6.30. The molecule has 24 heavy (non-hydrogen) atoms. The smallest absolute Gasteiger partial charge is 0.322 e. The number of benzene rings is 2. The first-order valence-electron chi connectivity index (χ1n) is 7.06. The lowest BCUT2D eigenvalue weighted by atomic mass is 10.1. The van der Waals surface area contributed by atoms with Crippen molar-refractivity contribution in [2.24, 2.45) is 0 Å². The molecule has 1 heterocycles. The predicted molar refractivity (Wildman–Crippen MR) is 90.0 cm³/mol. The van der Waals surface area contributed by atoms with Gasteiger partial charge in [0.25, 0.3) is 5.91 Å². The van der Waals surface area contributed by atoms with Crippen LogP contribution < -0.4 is 21.3 Å². The van der Waals surface area contributed by atoms with E-state index in [0.29, 0.717) is 22.0 Å². The van der Waals surface area contributed by atoms with Crippen LogP contribution in [0.3, 0.4) is 0 Å². The van der Waals surface area contributed by atoms with Crippen LogP contribution in [-0.4, -0.2) is 18.0 Å². The first-order valence-corrected chi connectivity index (χ1v) is 7.44. The zero-order chi connectivity index (χ0) is 17.1. The number of hydrogen-bond donors (Lipinski definition) is 4. The van der Waals surface area contributed by atoms with Gasteiger partial charge < -0.3 is 16.0 Å². The van der Waals surface area contributed by atoms with E-state index in [9.17, 15) is 14.4 Å². The lowest BCUT2D eigenvalue weighted by molar-refractivity contribution is -0.120. The predicted octanol–water partition coefficient (Wildman–Crippen LogP) is 2.86. The number of rotatable bonds is 3. The summed E-state index contributed by atoms with van der Waals surface area (Å²) in [7, 11) is 0. The number of imide groups is 1. The van der Waals surface area contributed by atoms with Gasteiger partial charge in [-0.2, -0.15) is 0 Å². The second-order valence-electron chi connectivity index (χ2n) is 5.10. The van der Waals surface area contributed by atoms with Gasteiger partial charge in [-0.1, -0.05) is 23.7 Å². The first kappa shape index (κ1) is 15.8. The fraction of sp³-hybridized carbons (Fsp3) is 0.0625. The Kier molecular flexibility index (Phi) is 4.35. The molecular weight excluding hydrogens is 332 g/mol. The molecule has 8 heteroatoms. The molecule has 0 bridgehead atoms. The number of halogens is 1. The zero-order valence-corrected chi connectivity index (χ0v) is 13.1. The van der Waals surface area contributed by atoms with Crippen LogP contribution >= 0.6 is 11.6 Å². The van der Waals surface area contributed by atoms with Crippen molar-refractivity contribution >= 4 is 40.9 Å². The number of carbonyl (C=O) groups is 3. The van der Waals surface area contributed by atoms with Crippen LogP contribution in [0.2, 0.25) is 5.02 Å². The fourth-order valence-corrected chi connectivity index (χ4v) is 2.36. The van der Waals surface area contributed by atoms with Gasteiger partial charge in [0.05, 0.1) is 0 Å². The summed E-state index contributed by atoms with van der Waals surface area (Å²) in [5, 5.41) is 10.6. The van der Waals surface area contributed by atoms with E-state index in [-0.39, 0.29) is 0 Å². The molecule has 122 valence electrons. The van der Waals surface area contributed by atoms with Gasteiger partial charge in [-0.15, -0.1) is 0 Å². The largest absolute Gasteiger partial charge is 0.323 e. The number of hydrogen-bond acceptors (Lipinski definition) is 3.